The molecule has 0 saturated carbocycles. The maximum absolute atomic E-state index is 12.9. The first-order chi connectivity index (χ1) is 15.5. The first-order valence-electron chi connectivity index (χ1n) is 10.6. The lowest BCUT2D eigenvalue weighted by Gasteiger charge is -2.14. The molecule has 1 heterocycles. The second-order valence-electron chi connectivity index (χ2n) is 7.10. The molecule has 3 rings (SSSR count). The number of hydrogen-bond donors (Lipinski definition) is 2. The summed E-state index contributed by atoms with van der Waals surface area (Å²) in [6.45, 7) is 9.05. The lowest BCUT2D eigenvalue weighted by atomic mass is 10.1. The van der Waals surface area contributed by atoms with Gasteiger partial charge in [-0.2, -0.15) is 0 Å². The van der Waals surface area contributed by atoms with Gasteiger partial charge < -0.3 is 24.5 Å². The molecule has 2 aromatic carbocycles. The highest BCUT2D eigenvalue weighted by Crippen LogP contribution is 2.29. The number of aromatic hydroxyl groups is 1. The van der Waals surface area contributed by atoms with Crippen molar-refractivity contribution in [3.05, 3.63) is 76.6 Å². The monoisotopic (exact) mass is 436 g/mol. The van der Waals surface area contributed by atoms with E-state index >= 15 is 0 Å². The van der Waals surface area contributed by atoms with E-state index in [1.54, 1.807) is 30.3 Å². The van der Waals surface area contributed by atoms with Crippen LogP contribution in [0.5, 0.6) is 17.2 Å². The van der Waals surface area contributed by atoms with Crippen molar-refractivity contribution in [1.82, 2.24) is 9.88 Å². The Kier molecular flexibility index (Phi) is 7.54. The van der Waals surface area contributed by atoms with Gasteiger partial charge in [-0.1, -0.05) is 24.3 Å². The SMILES string of the molecule is C=CCn1c(=O)c(C(=O)NCCc2ccc(OCC)c(OCC)c2)c(O)c2ccccc21. The molecule has 7 heteroatoms. The molecule has 0 fully saturated rings. The molecule has 0 saturated heterocycles. The Morgan fingerprint density at radius 1 is 1.12 bits per heavy atom. The Morgan fingerprint density at radius 2 is 1.84 bits per heavy atom. The van der Waals surface area contributed by atoms with E-state index in [-0.39, 0.29) is 24.4 Å². The Balaban J connectivity index is 1.80. The zero-order chi connectivity index (χ0) is 23.1. The number of para-hydroxylation sites is 1. The molecule has 0 aliphatic rings. The van der Waals surface area contributed by atoms with Crippen molar-refractivity contribution in [3.63, 3.8) is 0 Å². The fraction of sp³-hybridized carbons (Fsp3) is 0.280. The number of ether oxygens (including phenoxy) is 2. The van der Waals surface area contributed by atoms with Gasteiger partial charge in [-0.3, -0.25) is 9.59 Å². The molecule has 0 atom stereocenters. The quantitative estimate of drug-likeness (QED) is 0.474. The van der Waals surface area contributed by atoms with E-state index in [1.165, 1.54) is 4.57 Å². The van der Waals surface area contributed by atoms with Crippen molar-refractivity contribution in [2.75, 3.05) is 19.8 Å². The summed E-state index contributed by atoms with van der Waals surface area (Å²) in [5, 5.41) is 13.8. The highest BCUT2D eigenvalue weighted by Gasteiger charge is 2.21. The number of nitrogens with one attached hydrogen (secondary N) is 1. The molecule has 1 amide bonds. The Bertz CT molecular complexity index is 1180. The van der Waals surface area contributed by atoms with Crippen LogP contribution in [0.2, 0.25) is 0 Å². The minimum Gasteiger partial charge on any atom is -0.506 e. The van der Waals surface area contributed by atoms with Gasteiger partial charge in [-0.05, 0) is 50.1 Å². The average molecular weight is 437 g/mol. The van der Waals surface area contributed by atoms with E-state index in [0.29, 0.717) is 42.0 Å². The van der Waals surface area contributed by atoms with Crippen LogP contribution in [0, 0.1) is 0 Å². The number of benzene rings is 2. The number of hydrogen-bond acceptors (Lipinski definition) is 5. The van der Waals surface area contributed by atoms with Crippen LogP contribution in [0.4, 0.5) is 0 Å². The molecular weight excluding hydrogens is 408 g/mol. The molecular formula is C25H28N2O5. The second-order valence-corrected chi connectivity index (χ2v) is 7.10. The van der Waals surface area contributed by atoms with Crippen molar-refractivity contribution in [2.24, 2.45) is 0 Å². The van der Waals surface area contributed by atoms with E-state index in [0.717, 1.165) is 5.56 Å². The summed E-state index contributed by atoms with van der Waals surface area (Å²) < 4.78 is 12.6. The molecule has 0 spiro atoms. The molecule has 2 N–H and O–H groups in total. The summed E-state index contributed by atoms with van der Waals surface area (Å²) in [4.78, 5) is 25.8. The highest BCUT2D eigenvalue weighted by molar-refractivity contribution is 6.02. The average Bonchev–Trinajstić information content (AvgIpc) is 2.79. The molecule has 0 radical (unpaired) electrons. The van der Waals surface area contributed by atoms with Crippen molar-refractivity contribution in [3.8, 4) is 17.2 Å². The number of allylic oxidation sites excluding steroid dienone is 1. The molecule has 1 aromatic heterocycles. The Labute approximate surface area is 186 Å². The van der Waals surface area contributed by atoms with Gasteiger partial charge >= 0.3 is 0 Å². The molecule has 7 nitrogen and oxygen atoms in total. The van der Waals surface area contributed by atoms with E-state index in [9.17, 15) is 14.7 Å². The van der Waals surface area contributed by atoms with E-state index < -0.39 is 11.5 Å². The van der Waals surface area contributed by atoms with Crippen LogP contribution in [0.15, 0.2) is 59.9 Å². The number of carbonyl (C=O) groups excluding carboxylic acids is 1. The van der Waals surface area contributed by atoms with Gasteiger partial charge in [0.2, 0.25) is 0 Å². The van der Waals surface area contributed by atoms with Crippen molar-refractivity contribution >= 4 is 16.8 Å². The van der Waals surface area contributed by atoms with Crippen LogP contribution in [0.1, 0.15) is 29.8 Å². The summed E-state index contributed by atoms with van der Waals surface area (Å²) in [5.74, 6) is 0.388. The predicted octanol–water partition coefficient (Wildman–Crippen LogP) is 3.66. The number of aromatic nitrogens is 1. The Hall–Kier alpha value is -3.74. The highest BCUT2D eigenvalue weighted by atomic mass is 16.5. The molecule has 0 unspecified atom stereocenters. The van der Waals surface area contributed by atoms with Gasteiger partial charge in [-0.15, -0.1) is 6.58 Å². The van der Waals surface area contributed by atoms with Gasteiger partial charge in [0, 0.05) is 18.5 Å². The third kappa shape index (κ3) is 4.77. The summed E-state index contributed by atoms with van der Waals surface area (Å²) in [7, 11) is 0. The summed E-state index contributed by atoms with van der Waals surface area (Å²) in [5.41, 5.74) is 0.666. The molecule has 0 aliphatic heterocycles. The number of pyridine rings is 1. The van der Waals surface area contributed by atoms with E-state index in [4.69, 9.17) is 9.47 Å². The molecule has 0 aliphatic carbocycles. The molecule has 3 aromatic rings. The van der Waals surface area contributed by atoms with Gasteiger partial charge in [0.05, 0.1) is 18.7 Å². The summed E-state index contributed by atoms with van der Waals surface area (Å²) in [6.07, 6.45) is 2.10. The lowest BCUT2D eigenvalue weighted by Crippen LogP contribution is -2.34. The number of rotatable bonds is 10. The van der Waals surface area contributed by atoms with Crippen molar-refractivity contribution < 1.29 is 19.4 Å². The molecule has 0 bridgehead atoms. The minimum atomic E-state index is -0.618. The van der Waals surface area contributed by atoms with Crippen LogP contribution in [-0.4, -0.2) is 35.3 Å². The summed E-state index contributed by atoms with van der Waals surface area (Å²) >= 11 is 0. The maximum Gasteiger partial charge on any atom is 0.268 e. The zero-order valence-corrected chi connectivity index (χ0v) is 18.4. The largest absolute Gasteiger partial charge is 0.506 e. The third-order valence-corrected chi connectivity index (χ3v) is 4.99. The van der Waals surface area contributed by atoms with Gasteiger partial charge in [0.1, 0.15) is 11.3 Å². The fourth-order valence-electron chi connectivity index (χ4n) is 3.56. The summed E-state index contributed by atoms with van der Waals surface area (Å²) in [6, 6.07) is 12.5. The maximum atomic E-state index is 12.9. The number of amides is 1. The van der Waals surface area contributed by atoms with Gasteiger partial charge in [0.25, 0.3) is 11.5 Å². The van der Waals surface area contributed by atoms with Crippen LogP contribution in [0.25, 0.3) is 10.9 Å². The first kappa shape index (κ1) is 22.9. The number of carbonyl (C=O) groups is 1. The predicted molar refractivity (Wildman–Crippen MR) is 125 cm³/mol. The number of fused-ring (bicyclic) bond motifs is 1. The van der Waals surface area contributed by atoms with E-state index in [1.807, 2.05) is 32.0 Å². The molecule has 168 valence electrons. The normalized spacial score (nSPS) is 10.7. The first-order valence-corrected chi connectivity index (χ1v) is 10.6. The second kappa shape index (κ2) is 10.5. The van der Waals surface area contributed by atoms with Crippen molar-refractivity contribution in [1.29, 1.82) is 0 Å². The minimum absolute atomic E-state index is 0.228. The van der Waals surface area contributed by atoms with Crippen LogP contribution < -0.4 is 20.3 Å². The number of nitrogens with zero attached hydrogens (tertiary/aromatic N) is 1. The fourth-order valence-corrected chi connectivity index (χ4v) is 3.56. The zero-order valence-electron chi connectivity index (χ0n) is 18.4. The smallest absolute Gasteiger partial charge is 0.268 e. The molecule has 32 heavy (non-hydrogen) atoms. The van der Waals surface area contributed by atoms with Crippen LogP contribution in [-0.2, 0) is 13.0 Å². The Morgan fingerprint density at radius 3 is 2.56 bits per heavy atom. The van der Waals surface area contributed by atoms with Gasteiger partial charge in [-0.25, -0.2) is 0 Å². The standard InChI is InChI=1S/C25H28N2O5/c1-4-15-27-19-10-8-7-9-18(19)23(28)22(25(27)30)24(29)26-14-13-17-11-12-20(31-5-2)21(16-17)32-6-3/h4,7-12,16,28H,1,5-6,13-15H2,2-3H3,(H,26,29). The topological polar surface area (TPSA) is 89.8 Å². The van der Waals surface area contributed by atoms with Crippen molar-refractivity contribution in [2.45, 2.75) is 26.8 Å². The van der Waals surface area contributed by atoms with Crippen LogP contribution >= 0.6 is 0 Å². The van der Waals surface area contributed by atoms with E-state index in [2.05, 4.69) is 11.9 Å². The van der Waals surface area contributed by atoms with Crippen LogP contribution in [0.3, 0.4) is 0 Å². The van der Waals surface area contributed by atoms with Gasteiger partial charge in [0.15, 0.2) is 11.5 Å². The lowest BCUT2D eigenvalue weighted by molar-refractivity contribution is 0.0949. The third-order valence-electron chi connectivity index (χ3n) is 4.99.